The lowest BCUT2D eigenvalue weighted by Gasteiger charge is -2.11. The van der Waals surface area contributed by atoms with Gasteiger partial charge in [-0.15, -0.1) is 11.3 Å². The Hall–Kier alpha value is -2.89. The van der Waals surface area contributed by atoms with Gasteiger partial charge >= 0.3 is 0 Å². The highest BCUT2D eigenvalue weighted by molar-refractivity contribution is 7.12. The summed E-state index contributed by atoms with van der Waals surface area (Å²) in [6.07, 6.45) is 0. The van der Waals surface area contributed by atoms with Crippen molar-refractivity contribution in [3.8, 4) is 17.1 Å². The molecule has 0 aliphatic rings. The first-order valence-electron chi connectivity index (χ1n) is 8.15. The van der Waals surface area contributed by atoms with Crippen molar-refractivity contribution in [2.24, 2.45) is 0 Å². The number of ketones is 1. The predicted octanol–water partition coefficient (Wildman–Crippen LogP) is 5.44. The lowest BCUT2D eigenvalue weighted by atomic mass is 10.1. The third-order valence-electron chi connectivity index (χ3n) is 4.01. The van der Waals surface area contributed by atoms with Crippen molar-refractivity contribution >= 4 is 39.7 Å². The van der Waals surface area contributed by atoms with Crippen LogP contribution < -0.4 is 10.2 Å². The molecule has 4 nitrogen and oxygen atoms in total. The van der Waals surface area contributed by atoms with E-state index in [1.807, 2.05) is 5.38 Å². The van der Waals surface area contributed by atoms with Crippen molar-refractivity contribution in [2.45, 2.75) is 0 Å². The Kier molecular flexibility index (Phi) is 4.79. The van der Waals surface area contributed by atoms with E-state index >= 15 is 0 Å². The second-order valence-electron chi connectivity index (χ2n) is 5.78. The van der Waals surface area contributed by atoms with E-state index in [0.29, 0.717) is 26.4 Å². The van der Waals surface area contributed by atoms with Crippen molar-refractivity contribution < 1.29 is 13.9 Å². The van der Waals surface area contributed by atoms with Crippen LogP contribution in [0.15, 0.2) is 75.3 Å². The Morgan fingerprint density at radius 3 is 2.56 bits per heavy atom. The molecule has 0 aliphatic heterocycles. The van der Waals surface area contributed by atoms with Gasteiger partial charge < -0.3 is 9.15 Å². The van der Waals surface area contributed by atoms with Crippen LogP contribution in [-0.2, 0) is 0 Å². The van der Waals surface area contributed by atoms with E-state index in [0.717, 1.165) is 0 Å². The molecule has 0 aliphatic carbocycles. The van der Waals surface area contributed by atoms with Crippen LogP contribution in [0, 0.1) is 0 Å². The summed E-state index contributed by atoms with van der Waals surface area (Å²) in [7, 11) is 0. The summed E-state index contributed by atoms with van der Waals surface area (Å²) in [5.41, 5.74) is 0.769. The molecule has 0 unspecified atom stereocenters. The van der Waals surface area contributed by atoms with Gasteiger partial charge in [0.25, 0.3) is 0 Å². The number of ether oxygens (including phenoxy) is 1. The molecule has 0 saturated carbocycles. The van der Waals surface area contributed by atoms with Crippen LogP contribution in [-0.4, -0.2) is 12.4 Å². The van der Waals surface area contributed by atoms with Gasteiger partial charge in [0.1, 0.15) is 5.58 Å². The molecule has 0 fully saturated rings. The zero-order chi connectivity index (χ0) is 18.8. The molecule has 0 amide bonds. The van der Waals surface area contributed by atoms with Crippen LogP contribution in [0.4, 0.5) is 0 Å². The Morgan fingerprint density at radius 2 is 1.81 bits per heavy atom. The minimum Gasteiger partial charge on any atom is -0.478 e. The Morgan fingerprint density at radius 1 is 1.04 bits per heavy atom. The highest BCUT2D eigenvalue weighted by Crippen LogP contribution is 2.31. The summed E-state index contributed by atoms with van der Waals surface area (Å²) in [5, 5.41) is 2.78. The first-order chi connectivity index (χ1) is 13.1. The van der Waals surface area contributed by atoms with Crippen LogP contribution in [0.1, 0.15) is 9.67 Å². The van der Waals surface area contributed by atoms with Crippen molar-refractivity contribution in [1.29, 1.82) is 0 Å². The SMILES string of the molecule is O=C(COc1c(-c2ccc(Cl)cc2)oc2ccccc2c1=O)c1cccs1. The number of rotatable bonds is 5. The number of para-hydroxylation sites is 1. The summed E-state index contributed by atoms with van der Waals surface area (Å²) < 4.78 is 11.6. The fraction of sp³-hybridized carbons (Fsp3) is 0.0476. The number of hydrogen-bond donors (Lipinski definition) is 0. The second-order valence-corrected chi connectivity index (χ2v) is 7.17. The van der Waals surface area contributed by atoms with Gasteiger partial charge in [-0.3, -0.25) is 9.59 Å². The van der Waals surface area contributed by atoms with Gasteiger partial charge in [0, 0.05) is 10.6 Å². The highest BCUT2D eigenvalue weighted by atomic mass is 35.5. The number of carbonyl (C=O) groups is 1. The first-order valence-corrected chi connectivity index (χ1v) is 9.40. The van der Waals surface area contributed by atoms with Crippen molar-refractivity contribution in [3.63, 3.8) is 0 Å². The number of hydrogen-bond acceptors (Lipinski definition) is 5. The monoisotopic (exact) mass is 396 g/mol. The second kappa shape index (κ2) is 7.39. The van der Waals surface area contributed by atoms with E-state index in [4.69, 9.17) is 20.8 Å². The fourth-order valence-electron chi connectivity index (χ4n) is 2.69. The third kappa shape index (κ3) is 3.52. The number of benzene rings is 2. The van der Waals surface area contributed by atoms with Gasteiger partial charge in [0.05, 0.1) is 10.3 Å². The molecule has 134 valence electrons. The molecule has 0 spiro atoms. The summed E-state index contributed by atoms with van der Waals surface area (Å²) in [6.45, 7) is -0.246. The molecule has 0 bridgehead atoms. The van der Waals surface area contributed by atoms with Crippen LogP contribution in [0.5, 0.6) is 5.75 Å². The molecule has 0 radical (unpaired) electrons. The zero-order valence-corrected chi connectivity index (χ0v) is 15.5. The summed E-state index contributed by atoms with van der Waals surface area (Å²) in [5.74, 6) is 0.0925. The molecule has 27 heavy (non-hydrogen) atoms. The van der Waals surface area contributed by atoms with Crippen molar-refractivity contribution in [3.05, 3.63) is 86.2 Å². The molecule has 0 N–H and O–H groups in total. The molecule has 2 aromatic carbocycles. The number of halogens is 1. The Balaban J connectivity index is 1.80. The van der Waals surface area contributed by atoms with E-state index in [9.17, 15) is 9.59 Å². The maximum absolute atomic E-state index is 13.0. The molecular formula is C21H13ClO4S. The van der Waals surface area contributed by atoms with E-state index in [-0.39, 0.29) is 29.3 Å². The van der Waals surface area contributed by atoms with Gasteiger partial charge in [-0.1, -0.05) is 29.8 Å². The molecular weight excluding hydrogens is 384 g/mol. The lowest BCUT2D eigenvalue weighted by molar-refractivity contribution is 0.0924. The van der Waals surface area contributed by atoms with E-state index in [1.165, 1.54) is 11.3 Å². The van der Waals surface area contributed by atoms with Gasteiger partial charge in [-0.25, -0.2) is 0 Å². The molecule has 4 aromatic rings. The highest BCUT2D eigenvalue weighted by Gasteiger charge is 2.19. The maximum atomic E-state index is 13.0. The predicted molar refractivity (Wildman–Crippen MR) is 107 cm³/mol. The van der Waals surface area contributed by atoms with Crippen LogP contribution >= 0.6 is 22.9 Å². The average molecular weight is 397 g/mol. The largest absolute Gasteiger partial charge is 0.478 e. The van der Waals surface area contributed by atoms with E-state index in [1.54, 1.807) is 60.7 Å². The van der Waals surface area contributed by atoms with E-state index < -0.39 is 0 Å². The van der Waals surface area contributed by atoms with Gasteiger partial charge in [0.2, 0.25) is 17.0 Å². The fourth-order valence-corrected chi connectivity index (χ4v) is 3.47. The molecule has 6 heteroatoms. The number of fused-ring (bicyclic) bond motifs is 1. The Labute approximate surface area is 163 Å². The van der Waals surface area contributed by atoms with Gasteiger partial charge in [0.15, 0.2) is 12.4 Å². The van der Waals surface area contributed by atoms with E-state index in [2.05, 4.69) is 0 Å². The maximum Gasteiger partial charge on any atom is 0.235 e. The normalized spacial score (nSPS) is 10.9. The molecule has 0 saturated heterocycles. The van der Waals surface area contributed by atoms with Gasteiger partial charge in [-0.2, -0.15) is 0 Å². The van der Waals surface area contributed by atoms with Crippen LogP contribution in [0.3, 0.4) is 0 Å². The Bertz CT molecular complexity index is 1160. The molecule has 4 rings (SSSR count). The number of carbonyl (C=O) groups excluding carboxylic acids is 1. The standard InChI is InChI=1S/C21H13ClO4S/c22-14-9-7-13(8-10-14)20-21(25-12-16(23)18-6-3-11-27-18)19(24)15-4-1-2-5-17(15)26-20/h1-11H,12H2. The minimum absolute atomic E-state index is 0.0147. The number of Topliss-reactive ketones (excluding diaryl/α,β-unsaturated/α-hetero) is 1. The average Bonchev–Trinajstić information content (AvgIpc) is 3.22. The summed E-state index contributed by atoms with van der Waals surface area (Å²) in [4.78, 5) is 25.8. The zero-order valence-electron chi connectivity index (χ0n) is 14.0. The minimum atomic E-state index is -0.319. The van der Waals surface area contributed by atoms with Crippen molar-refractivity contribution in [1.82, 2.24) is 0 Å². The van der Waals surface area contributed by atoms with Crippen molar-refractivity contribution in [2.75, 3.05) is 6.61 Å². The smallest absolute Gasteiger partial charge is 0.235 e. The van der Waals surface area contributed by atoms with Crippen LogP contribution in [0.25, 0.3) is 22.3 Å². The van der Waals surface area contributed by atoms with Crippen LogP contribution in [0.2, 0.25) is 5.02 Å². The molecule has 0 atom stereocenters. The van der Waals surface area contributed by atoms with Gasteiger partial charge in [-0.05, 0) is 47.8 Å². The number of thiophene rings is 1. The summed E-state index contributed by atoms with van der Waals surface area (Å²) in [6, 6.07) is 17.3. The molecule has 2 aromatic heterocycles. The first kappa shape index (κ1) is 17.5. The summed E-state index contributed by atoms with van der Waals surface area (Å²) >= 11 is 7.29. The molecule has 2 heterocycles. The topological polar surface area (TPSA) is 56.5 Å². The quantitative estimate of drug-likeness (QED) is 0.422. The lowest BCUT2D eigenvalue weighted by Crippen LogP contribution is -2.16. The third-order valence-corrected chi connectivity index (χ3v) is 5.17.